The van der Waals surface area contributed by atoms with Crippen molar-refractivity contribution in [3.63, 3.8) is 0 Å². The third kappa shape index (κ3) is 5.03. The van der Waals surface area contributed by atoms with Gasteiger partial charge in [0.05, 0.1) is 29.6 Å². The molecule has 1 aliphatic rings. The molecule has 0 spiro atoms. The second kappa shape index (κ2) is 9.80. The van der Waals surface area contributed by atoms with E-state index in [2.05, 4.69) is 44.8 Å². The summed E-state index contributed by atoms with van der Waals surface area (Å²) in [5.41, 5.74) is 1.81. The van der Waals surface area contributed by atoms with Gasteiger partial charge in [0.15, 0.2) is 5.96 Å². The molecule has 1 N–H and O–H groups in total. The number of halogens is 2. The SMILES string of the molecule is CCNC(=NCc1cn2cc(Cl)ccc2n1)N1CCC(C)C(n2ccnc2)C1.I. The van der Waals surface area contributed by atoms with Gasteiger partial charge in [-0.25, -0.2) is 15.0 Å². The first-order valence-electron chi connectivity index (χ1n) is 9.78. The molecular weight excluding hydrogens is 501 g/mol. The van der Waals surface area contributed by atoms with Crippen molar-refractivity contribution in [2.24, 2.45) is 10.9 Å². The van der Waals surface area contributed by atoms with E-state index >= 15 is 0 Å². The highest BCUT2D eigenvalue weighted by atomic mass is 127. The predicted octanol–water partition coefficient (Wildman–Crippen LogP) is 3.85. The molecule has 29 heavy (non-hydrogen) atoms. The summed E-state index contributed by atoms with van der Waals surface area (Å²) in [5.74, 6) is 1.55. The maximum atomic E-state index is 6.07. The minimum absolute atomic E-state index is 0. The summed E-state index contributed by atoms with van der Waals surface area (Å²) < 4.78 is 4.16. The number of hydrogen-bond donors (Lipinski definition) is 1. The molecule has 0 bridgehead atoms. The number of nitrogens with zero attached hydrogens (tertiary/aromatic N) is 6. The van der Waals surface area contributed by atoms with Crippen LogP contribution in [0.3, 0.4) is 0 Å². The summed E-state index contributed by atoms with van der Waals surface area (Å²) >= 11 is 6.07. The zero-order valence-corrected chi connectivity index (χ0v) is 19.8. The molecule has 4 rings (SSSR count). The molecule has 156 valence electrons. The van der Waals surface area contributed by atoms with Crippen LogP contribution in [0, 0.1) is 5.92 Å². The highest BCUT2D eigenvalue weighted by molar-refractivity contribution is 14.0. The maximum absolute atomic E-state index is 6.07. The quantitative estimate of drug-likeness (QED) is 0.318. The molecule has 9 heteroatoms. The number of aromatic nitrogens is 4. The van der Waals surface area contributed by atoms with Crippen LogP contribution in [0.1, 0.15) is 32.0 Å². The monoisotopic (exact) mass is 527 g/mol. The van der Waals surface area contributed by atoms with Crippen molar-refractivity contribution >= 4 is 47.2 Å². The van der Waals surface area contributed by atoms with Gasteiger partial charge in [-0.15, -0.1) is 24.0 Å². The summed E-state index contributed by atoms with van der Waals surface area (Å²) in [7, 11) is 0. The lowest BCUT2D eigenvalue weighted by atomic mass is 9.93. The van der Waals surface area contributed by atoms with Gasteiger partial charge in [0.2, 0.25) is 0 Å². The van der Waals surface area contributed by atoms with Crippen molar-refractivity contribution in [3.05, 3.63) is 54.0 Å². The van der Waals surface area contributed by atoms with Crippen molar-refractivity contribution in [1.29, 1.82) is 0 Å². The van der Waals surface area contributed by atoms with E-state index in [4.69, 9.17) is 16.6 Å². The summed E-state index contributed by atoms with van der Waals surface area (Å²) in [6.07, 6.45) is 10.8. The molecule has 1 fully saturated rings. The van der Waals surface area contributed by atoms with Crippen molar-refractivity contribution in [1.82, 2.24) is 29.2 Å². The molecule has 0 aliphatic carbocycles. The minimum atomic E-state index is 0. The molecule has 3 aromatic rings. The van der Waals surface area contributed by atoms with Crippen molar-refractivity contribution in [2.45, 2.75) is 32.9 Å². The van der Waals surface area contributed by atoms with Crippen LogP contribution in [0.2, 0.25) is 5.02 Å². The first-order chi connectivity index (χ1) is 13.6. The first-order valence-corrected chi connectivity index (χ1v) is 10.2. The first kappa shape index (κ1) is 21.9. The molecule has 0 saturated carbocycles. The molecule has 0 amide bonds. The number of fused-ring (bicyclic) bond motifs is 1. The van der Waals surface area contributed by atoms with E-state index in [0.717, 1.165) is 43.4 Å². The average Bonchev–Trinajstić information content (AvgIpc) is 3.35. The Morgan fingerprint density at radius 1 is 1.34 bits per heavy atom. The maximum Gasteiger partial charge on any atom is 0.194 e. The summed E-state index contributed by atoms with van der Waals surface area (Å²) in [6, 6.07) is 4.17. The van der Waals surface area contributed by atoms with Crippen LogP contribution in [0.5, 0.6) is 0 Å². The second-order valence-electron chi connectivity index (χ2n) is 7.30. The van der Waals surface area contributed by atoms with Gasteiger partial charge in [0.25, 0.3) is 0 Å². The third-order valence-electron chi connectivity index (χ3n) is 5.32. The molecule has 2 unspecified atom stereocenters. The number of imidazole rings is 2. The molecule has 4 heterocycles. The number of guanidine groups is 1. The minimum Gasteiger partial charge on any atom is -0.357 e. The molecule has 2 atom stereocenters. The normalized spacial score (nSPS) is 20.0. The lowest BCUT2D eigenvalue weighted by Gasteiger charge is -2.39. The van der Waals surface area contributed by atoms with Crippen LogP contribution in [0.4, 0.5) is 0 Å². The van der Waals surface area contributed by atoms with Crippen molar-refractivity contribution < 1.29 is 0 Å². The van der Waals surface area contributed by atoms with Crippen LogP contribution in [-0.2, 0) is 6.54 Å². The fourth-order valence-electron chi connectivity index (χ4n) is 3.77. The van der Waals surface area contributed by atoms with Gasteiger partial charge in [-0.2, -0.15) is 0 Å². The van der Waals surface area contributed by atoms with Gasteiger partial charge in [-0.05, 0) is 31.4 Å². The average molecular weight is 528 g/mol. The number of pyridine rings is 1. The van der Waals surface area contributed by atoms with E-state index < -0.39 is 0 Å². The topological polar surface area (TPSA) is 62.8 Å². The zero-order chi connectivity index (χ0) is 19.5. The standard InChI is InChI=1S/C20H26ClN7.HI/c1-3-23-20(24-10-17-12-28-11-16(21)4-5-19(28)25-17)26-8-6-15(2)18(13-26)27-9-7-22-14-27;/h4-5,7,9,11-12,14-15,18H,3,6,8,10,13H2,1-2H3,(H,23,24);1H. The second-order valence-corrected chi connectivity index (χ2v) is 7.74. The molecule has 0 radical (unpaired) electrons. The Kier molecular flexibility index (Phi) is 7.39. The summed E-state index contributed by atoms with van der Waals surface area (Å²) in [6.45, 7) is 7.70. The lowest BCUT2D eigenvalue weighted by Crippen LogP contribution is -2.49. The Morgan fingerprint density at radius 2 is 2.21 bits per heavy atom. The molecule has 1 aliphatic heterocycles. The smallest absolute Gasteiger partial charge is 0.194 e. The van der Waals surface area contributed by atoms with Crippen LogP contribution in [0.25, 0.3) is 5.65 Å². The summed E-state index contributed by atoms with van der Waals surface area (Å²) in [4.78, 5) is 16.1. The molecule has 1 saturated heterocycles. The van der Waals surface area contributed by atoms with Gasteiger partial charge in [0, 0.05) is 44.4 Å². The highest BCUT2D eigenvalue weighted by Gasteiger charge is 2.28. The number of piperidine rings is 1. The predicted molar refractivity (Wildman–Crippen MR) is 127 cm³/mol. The Labute approximate surface area is 193 Å². The van der Waals surface area contributed by atoms with Gasteiger partial charge < -0.3 is 19.2 Å². The van der Waals surface area contributed by atoms with Crippen LogP contribution < -0.4 is 5.32 Å². The van der Waals surface area contributed by atoms with Gasteiger partial charge in [-0.1, -0.05) is 18.5 Å². The molecule has 7 nitrogen and oxygen atoms in total. The highest BCUT2D eigenvalue weighted by Crippen LogP contribution is 2.27. The number of rotatable bonds is 4. The van der Waals surface area contributed by atoms with E-state index in [1.165, 1.54) is 0 Å². The number of aliphatic imine (C=N–C) groups is 1. The van der Waals surface area contributed by atoms with Crippen molar-refractivity contribution in [3.8, 4) is 0 Å². The van der Waals surface area contributed by atoms with E-state index in [1.807, 2.05) is 41.5 Å². The fraction of sp³-hybridized carbons (Fsp3) is 0.450. The summed E-state index contributed by atoms with van der Waals surface area (Å²) in [5, 5.41) is 4.14. The molecule has 0 aromatic carbocycles. The zero-order valence-electron chi connectivity index (χ0n) is 16.7. The lowest BCUT2D eigenvalue weighted by molar-refractivity contribution is 0.189. The largest absolute Gasteiger partial charge is 0.357 e. The van der Waals surface area contributed by atoms with Gasteiger partial charge in [-0.3, -0.25) is 0 Å². The van der Waals surface area contributed by atoms with Crippen LogP contribution in [-0.4, -0.2) is 49.4 Å². The van der Waals surface area contributed by atoms with Crippen LogP contribution in [0.15, 0.2) is 48.2 Å². The Morgan fingerprint density at radius 3 is 2.97 bits per heavy atom. The number of hydrogen-bond acceptors (Lipinski definition) is 3. The van der Waals surface area contributed by atoms with E-state index in [9.17, 15) is 0 Å². The Hall–Kier alpha value is -1.81. The molecule has 3 aromatic heterocycles. The Bertz CT molecular complexity index is 953. The van der Waals surface area contributed by atoms with E-state index in [0.29, 0.717) is 23.5 Å². The van der Waals surface area contributed by atoms with Crippen molar-refractivity contribution in [2.75, 3.05) is 19.6 Å². The van der Waals surface area contributed by atoms with Gasteiger partial charge >= 0.3 is 0 Å². The number of likely N-dealkylation sites (tertiary alicyclic amines) is 1. The molecular formula is C20H27ClIN7. The fourth-order valence-corrected chi connectivity index (χ4v) is 3.94. The van der Waals surface area contributed by atoms with E-state index in [-0.39, 0.29) is 24.0 Å². The van der Waals surface area contributed by atoms with Gasteiger partial charge in [0.1, 0.15) is 5.65 Å². The number of nitrogens with one attached hydrogen (secondary N) is 1. The van der Waals surface area contributed by atoms with Crippen LogP contribution >= 0.6 is 35.6 Å². The third-order valence-corrected chi connectivity index (χ3v) is 5.54. The Balaban J connectivity index is 0.00000240. The van der Waals surface area contributed by atoms with E-state index in [1.54, 1.807) is 0 Å².